The number of nitroso groups, excluding NO2 is 1. The van der Waals surface area contributed by atoms with E-state index in [1.165, 1.54) is 0 Å². The van der Waals surface area contributed by atoms with E-state index in [9.17, 15) is 4.91 Å². The number of terminal acetylenes is 1. The second-order valence-electron chi connectivity index (χ2n) is 1.58. The molecule has 0 N–H and O–H groups in total. The van der Waals surface area contributed by atoms with Gasteiger partial charge in [-0.15, -0.1) is 12.3 Å². The Kier molecular flexibility index (Phi) is 3.87. The topological polar surface area (TPSA) is 29.4 Å². The molecule has 0 rings (SSSR count). The lowest BCUT2D eigenvalue weighted by molar-refractivity contribution is 0.661. The molecule has 44 valence electrons. The van der Waals surface area contributed by atoms with Crippen LogP contribution in [0.3, 0.4) is 0 Å². The van der Waals surface area contributed by atoms with Crippen LogP contribution in [-0.2, 0) is 0 Å². The van der Waals surface area contributed by atoms with Gasteiger partial charge in [0.1, 0.15) is 0 Å². The first-order chi connectivity index (χ1) is 3.85. The molecule has 0 heterocycles. The molecule has 0 bridgehead atoms. The third kappa shape index (κ3) is 2.35. The molecule has 0 fully saturated rings. The minimum Gasteiger partial charge on any atom is -0.151 e. The Morgan fingerprint density at radius 1 is 1.88 bits per heavy atom. The molecule has 0 saturated carbocycles. The fourth-order valence-electron chi connectivity index (χ4n) is 0.390. The molecule has 0 saturated heterocycles. The van der Waals surface area contributed by atoms with Gasteiger partial charge in [0.2, 0.25) is 0 Å². The molecule has 0 aliphatic carbocycles. The third-order valence-corrected chi connectivity index (χ3v) is 1.02. The van der Waals surface area contributed by atoms with Crippen molar-refractivity contribution in [2.75, 3.05) is 6.54 Å². The summed E-state index contributed by atoms with van der Waals surface area (Å²) in [5.74, 6) is 2.51. The van der Waals surface area contributed by atoms with Crippen molar-refractivity contribution in [2.45, 2.75) is 13.3 Å². The Morgan fingerprint density at radius 2 is 2.50 bits per heavy atom. The highest BCUT2D eigenvalue weighted by Gasteiger charge is 1.98. The summed E-state index contributed by atoms with van der Waals surface area (Å²) in [5, 5.41) is 2.69. The monoisotopic (exact) mass is 111 g/mol. The first-order valence-electron chi connectivity index (χ1n) is 2.60. The smallest absolute Gasteiger partial charge is 0.0948 e. The SMILES string of the molecule is C#CC(CC)CN=O. The van der Waals surface area contributed by atoms with E-state index in [-0.39, 0.29) is 12.5 Å². The highest BCUT2D eigenvalue weighted by Crippen LogP contribution is 1.98. The van der Waals surface area contributed by atoms with Crippen molar-refractivity contribution in [1.29, 1.82) is 0 Å². The summed E-state index contributed by atoms with van der Waals surface area (Å²) in [5.41, 5.74) is 0. The molecular weight excluding hydrogens is 102 g/mol. The van der Waals surface area contributed by atoms with E-state index in [2.05, 4.69) is 11.1 Å². The molecule has 2 heteroatoms. The van der Waals surface area contributed by atoms with E-state index < -0.39 is 0 Å². The molecule has 0 spiro atoms. The maximum absolute atomic E-state index is 9.59. The van der Waals surface area contributed by atoms with Crippen LogP contribution >= 0.6 is 0 Å². The maximum Gasteiger partial charge on any atom is 0.0948 e. The minimum absolute atomic E-state index is 0.0486. The molecule has 0 aliphatic rings. The van der Waals surface area contributed by atoms with Gasteiger partial charge in [-0.25, -0.2) is 0 Å². The first kappa shape index (κ1) is 7.16. The summed E-state index contributed by atoms with van der Waals surface area (Å²) in [6.45, 7) is 2.20. The Bertz CT molecular complexity index is 104. The van der Waals surface area contributed by atoms with E-state index >= 15 is 0 Å². The molecule has 0 radical (unpaired) electrons. The molecule has 1 atom stereocenters. The second-order valence-corrected chi connectivity index (χ2v) is 1.58. The number of rotatable bonds is 3. The lowest BCUT2D eigenvalue weighted by Gasteiger charge is -1.96. The van der Waals surface area contributed by atoms with Crippen LogP contribution in [0.25, 0.3) is 0 Å². The standard InChI is InChI=1S/C6H9NO/c1-3-6(4-2)5-7-8/h1,6H,4-5H2,2H3. The summed E-state index contributed by atoms with van der Waals surface area (Å²) < 4.78 is 0. The summed E-state index contributed by atoms with van der Waals surface area (Å²) in [4.78, 5) is 9.59. The van der Waals surface area contributed by atoms with E-state index in [0.29, 0.717) is 0 Å². The van der Waals surface area contributed by atoms with Gasteiger partial charge in [-0.1, -0.05) is 12.1 Å². The van der Waals surface area contributed by atoms with Crippen molar-refractivity contribution in [3.05, 3.63) is 4.91 Å². The van der Waals surface area contributed by atoms with Crippen molar-refractivity contribution in [3.63, 3.8) is 0 Å². The fourth-order valence-corrected chi connectivity index (χ4v) is 0.390. The largest absolute Gasteiger partial charge is 0.151 e. The molecule has 8 heavy (non-hydrogen) atoms. The van der Waals surface area contributed by atoms with Gasteiger partial charge in [0.25, 0.3) is 0 Å². The van der Waals surface area contributed by atoms with Gasteiger partial charge in [-0.05, 0) is 6.42 Å². The zero-order chi connectivity index (χ0) is 6.41. The van der Waals surface area contributed by atoms with E-state index in [1.54, 1.807) is 0 Å². The summed E-state index contributed by atoms with van der Waals surface area (Å²) in [6, 6.07) is 0. The number of hydrogen-bond acceptors (Lipinski definition) is 2. The molecule has 2 nitrogen and oxygen atoms in total. The van der Waals surface area contributed by atoms with E-state index in [4.69, 9.17) is 6.42 Å². The highest BCUT2D eigenvalue weighted by molar-refractivity contribution is 4.92. The average Bonchev–Trinajstić information content (AvgIpc) is 1.83. The fraction of sp³-hybridized carbons (Fsp3) is 0.667. The maximum atomic E-state index is 9.59. The Balaban J connectivity index is 3.40. The van der Waals surface area contributed by atoms with Gasteiger partial charge >= 0.3 is 0 Å². The van der Waals surface area contributed by atoms with Gasteiger partial charge in [0.05, 0.1) is 6.54 Å². The zero-order valence-corrected chi connectivity index (χ0v) is 4.92. The van der Waals surface area contributed by atoms with Crippen molar-refractivity contribution in [2.24, 2.45) is 11.1 Å². The van der Waals surface area contributed by atoms with E-state index in [0.717, 1.165) is 6.42 Å². The molecule has 0 aromatic carbocycles. The molecule has 0 aliphatic heterocycles. The number of hydrogen-bond donors (Lipinski definition) is 0. The van der Waals surface area contributed by atoms with Crippen LogP contribution in [0.4, 0.5) is 0 Å². The van der Waals surface area contributed by atoms with Crippen LogP contribution in [0, 0.1) is 23.2 Å². The lowest BCUT2D eigenvalue weighted by atomic mass is 10.1. The van der Waals surface area contributed by atoms with E-state index in [1.807, 2.05) is 6.92 Å². The minimum atomic E-state index is 0.0486. The van der Waals surface area contributed by atoms with Gasteiger partial charge in [-0.3, -0.25) is 0 Å². The predicted molar refractivity (Wildman–Crippen MR) is 33.3 cm³/mol. The lowest BCUT2D eigenvalue weighted by Crippen LogP contribution is -1.97. The highest BCUT2D eigenvalue weighted by atomic mass is 16.3. The van der Waals surface area contributed by atoms with Crippen LogP contribution in [-0.4, -0.2) is 6.54 Å². The molecule has 0 aromatic heterocycles. The van der Waals surface area contributed by atoms with Gasteiger partial charge in [-0.2, -0.15) is 4.91 Å². The van der Waals surface area contributed by atoms with Crippen LogP contribution in [0.15, 0.2) is 5.18 Å². The van der Waals surface area contributed by atoms with Gasteiger partial charge in [0.15, 0.2) is 0 Å². The first-order valence-corrected chi connectivity index (χ1v) is 2.60. The normalized spacial score (nSPS) is 12.0. The van der Waals surface area contributed by atoms with Crippen molar-refractivity contribution in [3.8, 4) is 12.3 Å². The summed E-state index contributed by atoms with van der Waals surface area (Å²) in [6.07, 6.45) is 5.86. The molecule has 0 amide bonds. The average molecular weight is 111 g/mol. The zero-order valence-electron chi connectivity index (χ0n) is 4.92. The molecule has 0 aromatic rings. The second kappa shape index (κ2) is 4.32. The van der Waals surface area contributed by atoms with Crippen molar-refractivity contribution >= 4 is 0 Å². The molecular formula is C6H9NO. The Morgan fingerprint density at radius 3 is 2.62 bits per heavy atom. The van der Waals surface area contributed by atoms with Gasteiger partial charge in [0, 0.05) is 5.92 Å². The van der Waals surface area contributed by atoms with Crippen molar-refractivity contribution < 1.29 is 0 Å². The summed E-state index contributed by atoms with van der Waals surface area (Å²) >= 11 is 0. The number of nitrogens with zero attached hydrogens (tertiary/aromatic N) is 1. The predicted octanol–water partition coefficient (Wildman–Crippen LogP) is 1.41. The Hall–Kier alpha value is -0.840. The van der Waals surface area contributed by atoms with Crippen molar-refractivity contribution in [1.82, 2.24) is 0 Å². The van der Waals surface area contributed by atoms with Crippen LogP contribution < -0.4 is 0 Å². The quantitative estimate of drug-likeness (QED) is 0.400. The van der Waals surface area contributed by atoms with Crippen LogP contribution in [0.2, 0.25) is 0 Å². The third-order valence-electron chi connectivity index (χ3n) is 1.02. The van der Waals surface area contributed by atoms with Crippen LogP contribution in [0.1, 0.15) is 13.3 Å². The molecule has 1 unspecified atom stereocenters. The summed E-state index contributed by atoms with van der Waals surface area (Å²) in [7, 11) is 0. The van der Waals surface area contributed by atoms with Crippen LogP contribution in [0.5, 0.6) is 0 Å². The van der Waals surface area contributed by atoms with Gasteiger partial charge < -0.3 is 0 Å². The Labute approximate surface area is 49.3 Å².